The van der Waals surface area contributed by atoms with Gasteiger partial charge >= 0.3 is 5.97 Å². The Balaban J connectivity index is 2.14. The molecule has 0 aliphatic heterocycles. The van der Waals surface area contributed by atoms with Crippen LogP contribution in [0, 0.1) is 13.8 Å². The molecule has 0 saturated heterocycles. The van der Waals surface area contributed by atoms with Crippen LogP contribution in [0.1, 0.15) is 27.4 Å². The summed E-state index contributed by atoms with van der Waals surface area (Å²) in [7, 11) is 0. The number of hydrogen-bond acceptors (Lipinski definition) is 5. The van der Waals surface area contributed by atoms with Crippen molar-refractivity contribution in [1.82, 2.24) is 25.5 Å². The first kappa shape index (κ1) is 14.6. The second-order valence-corrected chi connectivity index (χ2v) is 4.63. The SMILES string of the molecule is Cc1cc(C(=O)N[C@@H](Cc2cnc[nH]2)C(=O)O)c(C)nn1. The number of H-pyrrole nitrogens is 1. The Kier molecular flexibility index (Phi) is 4.27. The van der Waals surface area contributed by atoms with Crippen LogP contribution >= 0.6 is 0 Å². The van der Waals surface area contributed by atoms with E-state index in [0.29, 0.717) is 22.6 Å². The van der Waals surface area contributed by atoms with E-state index in [-0.39, 0.29) is 6.42 Å². The van der Waals surface area contributed by atoms with Crippen molar-refractivity contribution in [3.8, 4) is 0 Å². The van der Waals surface area contributed by atoms with Crippen LogP contribution in [0.3, 0.4) is 0 Å². The number of aromatic amines is 1. The van der Waals surface area contributed by atoms with Crippen molar-refractivity contribution >= 4 is 11.9 Å². The summed E-state index contributed by atoms with van der Waals surface area (Å²) in [4.78, 5) is 30.1. The summed E-state index contributed by atoms with van der Waals surface area (Å²) in [6.07, 6.45) is 3.10. The molecule has 0 saturated carbocycles. The number of nitrogens with one attached hydrogen (secondary N) is 2. The van der Waals surface area contributed by atoms with Crippen molar-refractivity contribution in [2.45, 2.75) is 26.3 Å². The van der Waals surface area contributed by atoms with E-state index in [4.69, 9.17) is 0 Å². The lowest BCUT2D eigenvalue weighted by molar-refractivity contribution is -0.139. The summed E-state index contributed by atoms with van der Waals surface area (Å²) in [6.45, 7) is 3.36. The largest absolute Gasteiger partial charge is 0.480 e. The molecule has 2 aromatic rings. The number of carbonyl (C=O) groups excluding carboxylic acids is 1. The summed E-state index contributed by atoms with van der Waals surface area (Å²) in [5, 5.41) is 19.4. The summed E-state index contributed by atoms with van der Waals surface area (Å²) in [6, 6.07) is 0.526. The van der Waals surface area contributed by atoms with Crippen LogP contribution in [0.15, 0.2) is 18.6 Å². The van der Waals surface area contributed by atoms with Crippen LogP contribution in [-0.2, 0) is 11.2 Å². The van der Waals surface area contributed by atoms with Gasteiger partial charge in [0, 0.05) is 18.3 Å². The van der Waals surface area contributed by atoms with Gasteiger partial charge < -0.3 is 15.4 Å². The van der Waals surface area contributed by atoms with Crippen molar-refractivity contribution in [2.24, 2.45) is 0 Å². The molecule has 0 fully saturated rings. The van der Waals surface area contributed by atoms with Crippen molar-refractivity contribution in [3.05, 3.63) is 41.2 Å². The monoisotopic (exact) mass is 289 g/mol. The Morgan fingerprint density at radius 3 is 2.76 bits per heavy atom. The number of amides is 1. The third kappa shape index (κ3) is 3.62. The first-order chi connectivity index (χ1) is 9.97. The van der Waals surface area contributed by atoms with Crippen molar-refractivity contribution < 1.29 is 14.7 Å². The highest BCUT2D eigenvalue weighted by atomic mass is 16.4. The van der Waals surface area contributed by atoms with Gasteiger partial charge in [0.15, 0.2) is 0 Å². The summed E-state index contributed by atoms with van der Waals surface area (Å²) in [5.41, 5.74) is 1.98. The molecule has 110 valence electrons. The molecule has 8 heteroatoms. The first-order valence-corrected chi connectivity index (χ1v) is 6.29. The Bertz CT molecular complexity index is 654. The van der Waals surface area contributed by atoms with Gasteiger partial charge in [-0.2, -0.15) is 10.2 Å². The van der Waals surface area contributed by atoms with Gasteiger partial charge in [0.1, 0.15) is 6.04 Å². The second-order valence-electron chi connectivity index (χ2n) is 4.63. The fourth-order valence-corrected chi connectivity index (χ4v) is 1.83. The number of rotatable bonds is 5. The summed E-state index contributed by atoms with van der Waals surface area (Å²) >= 11 is 0. The molecule has 2 aromatic heterocycles. The standard InChI is InChI=1S/C13H15N5O3/c1-7-3-10(8(2)18-17-7)12(19)16-11(13(20)21)4-9-5-14-6-15-9/h3,5-6,11H,4H2,1-2H3,(H,14,15)(H,16,19)(H,20,21)/t11-/m0/s1. The van der Waals surface area contributed by atoms with Crippen LogP contribution < -0.4 is 5.32 Å². The van der Waals surface area contributed by atoms with Crippen LogP contribution in [0.4, 0.5) is 0 Å². The van der Waals surface area contributed by atoms with Crippen LogP contribution in [0.25, 0.3) is 0 Å². The van der Waals surface area contributed by atoms with Crippen molar-refractivity contribution in [2.75, 3.05) is 0 Å². The number of carboxylic acid groups (broad SMARTS) is 1. The lowest BCUT2D eigenvalue weighted by Crippen LogP contribution is -2.42. The molecule has 0 aromatic carbocycles. The Hall–Kier alpha value is -2.77. The molecule has 1 atom stereocenters. The molecule has 1 amide bonds. The molecule has 8 nitrogen and oxygen atoms in total. The van der Waals surface area contributed by atoms with Crippen LogP contribution in [0.2, 0.25) is 0 Å². The maximum Gasteiger partial charge on any atom is 0.326 e. The molecule has 0 aliphatic rings. The normalized spacial score (nSPS) is 11.9. The zero-order chi connectivity index (χ0) is 15.4. The van der Waals surface area contributed by atoms with Crippen molar-refractivity contribution in [1.29, 1.82) is 0 Å². The molecule has 0 bridgehead atoms. The average molecular weight is 289 g/mol. The Morgan fingerprint density at radius 2 is 2.14 bits per heavy atom. The smallest absolute Gasteiger partial charge is 0.326 e. The topological polar surface area (TPSA) is 121 Å². The molecular weight excluding hydrogens is 274 g/mol. The molecule has 0 aliphatic carbocycles. The molecule has 3 N–H and O–H groups in total. The van der Waals surface area contributed by atoms with E-state index in [1.807, 2.05) is 0 Å². The molecule has 21 heavy (non-hydrogen) atoms. The number of imidazole rings is 1. The third-order valence-corrected chi connectivity index (χ3v) is 2.93. The fraction of sp³-hybridized carbons (Fsp3) is 0.308. The zero-order valence-electron chi connectivity index (χ0n) is 11.6. The highest BCUT2D eigenvalue weighted by Crippen LogP contribution is 2.07. The van der Waals surface area contributed by atoms with Crippen molar-refractivity contribution in [3.63, 3.8) is 0 Å². The minimum absolute atomic E-state index is 0.123. The van der Waals surface area contributed by atoms with Crippen LogP contribution in [0.5, 0.6) is 0 Å². The zero-order valence-corrected chi connectivity index (χ0v) is 11.6. The molecule has 0 unspecified atom stereocenters. The third-order valence-electron chi connectivity index (χ3n) is 2.93. The number of hydrogen-bond donors (Lipinski definition) is 3. The lowest BCUT2D eigenvalue weighted by atomic mass is 10.1. The van der Waals surface area contributed by atoms with E-state index in [1.165, 1.54) is 12.5 Å². The van der Waals surface area contributed by atoms with Gasteiger partial charge in [-0.15, -0.1) is 0 Å². The van der Waals surface area contributed by atoms with E-state index in [1.54, 1.807) is 19.9 Å². The summed E-state index contributed by atoms with van der Waals surface area (Å²) in [5.74, 6) is -1.60. The minimum atomic E-state index is -1.12. The maximum absolute atomic E-state index is 12.2. The Labute approximate surface area is 120 Å². The van der Waals surface area contributed by atoms with Gasteiger partial charge in [-0.3, -0.25) is 4.79 Å². The number of carboxylic acids is 1. The van der Waals surface area contributed by atoms with E-state index < -0.39 is 17.9 Å². The minimum Gasteiger partial charge on any atom is -0.480 e. The van der Waals surface area contributed by atoms with Gasteiger partial charge in [-0.05, 0) is 19.9 Å². The maximum atomic E-state index is 12.2. The van der Waals surface area contributed by atoms with Gasteiger partial charge in [-0.25, -0.2) is 9.78 Å². The highest BCUT2D eigenvalue weighted by molar-refractivity contribution is 5.97. The molecule has 0 spiro atoms. The predicted octanol–water partition coefficient (Wildman–Crippen LogP) is 0.242. The van der Waals surface area contributed by atoms with Crippen LogP contribution in [-0.4, -0.2) is 43.2 Å². The Morgan fingerprint density at radius 1 is 1.38 bits per heavy atom. The number of aryl methyl sites for hydroxylation is 2. The second kappa shape index (κ2) is 6.12. The van der Waals surface area contributed by atoms with E-state index >= 15 is 0 Å². The number of aliphatic carboxylic acids is 1. The first-order valence-electron chi connectivity index (χ1n) is 6.29. The molecule has 0 radical (unpaired) electrons. The van der Waals surface area contributed by atoms with E-state index in [9.17, 15) is 14.7 Å². The average Bonchev–Trinajstić information content (AvgIpc) is 2.93. The van der Waals surface area contributed by atoms with E-state index in [0.717, 1.165) is 0 Å². The number of carbonyl (C=O) groups is 2. The predicted molar refractivity (Wildman–Crippen MR) is 72.7 cm³/mol. The van der Waals surface area contributed by atoms with Gasteiger partial charge in [0.25, 0.3) is 5.91 Å². The number of aromatic nitrogens is 4. The highest BCUT2D eigenvalue weighted by Gasteiger charge is 2.23. The van der Waals surface area contributed by atoms with Gasteiger partial charge in [0.05, 0.1) is 23.3 Å². The van der Waals surface area contributed by atoms with Gasteiger partial charge in [-0.1, -0.05) is 0 Å². The fourth-order valence-electron chi connectivity index (χ4n) is 1.83. The molecule has 2 heterocycles. The summed E-state index contributed by atoms with van der Waals surface area (Å²) < 4.78 is 0. The molecular formula is C13H15N5O3. The lowest BCUT2D eigenvalue weighted by Gasteiger charge is -2.14. The molecule has 2 rings (SSSR count). The quantitative estimate of drug-likeness (QED) is 0.725. The van der Waals surface area contributed by atoms with E-state index in [2.05, 4.69) is 25.5 Å². The number of nitrogens with zero attached hydrogens (tertiary/aromatic N) is 3. The van der Waals surface area contributed by atoms with Gasteiger partial charge in [0.2, 0.25) is 0 Å².